The van der Waals surface area contributed by atoms with Crippen molar-refractivity contribution >= 4 is 33.6 Å². The highest BCUT2D eigenvalue weighted by Crippen LogP contribution is 2.08. The Morgan fingerprint density at radius 1 is 0.500 bits per heavy atom. The van der Waals surface area contributed by atoms with Crippen molar-refractivity contribution in [3.05, 3.63) is 81.7 Å². The maximum Gasteiger partial charge on any atom is 0.1000 e. The van der Waals surface area contributed by atoms with Crippen LogP contribution in [0.4, 0.5) is 0 Å². The van der Waals surface area contributed by atoms with Gasteiger partial charge in [0.1, 0.15) is 0 Å². The molecular weight excluding hydrogens is 400 g/mol. The van der Waals surface area contributed by atoms with E-state index >= 15 is 0 Å². The Balaban J connectivity index is 2.79. The van der Waals surface area contributed by atoms with Gasteiger partial charge in [0, 0.05) is 0 Å². The van der Waals surface area contributed by atoms with E-state index < -0.39 is 0 Å². The van der Waals surface area contributed by atoms with Crippen molar-refractivity contribution in [1.29, 1.82) is 0 Å². The number of hydrogen-bond acceptors (Lipinski definition) is 6. The Morgan fingerprint density at radius 3 is 0.906 bits per heavy atom. The van der Waals surface area contributed by atoms with Gasteiger partial charge in [-0.05, 0) is 65.8 Å². The van der Waals surface area contributed by atoms with Crippen LogP contribution < -0.4 is 10.4 Å². The molecule has 0 aliphatic carbocycles. The van der Waals surface area contributed by atoms with Crippen LogP contribution in [0.3, 0.4) is 0 Å². The fourth-order valence-corrected chi connectivity index (χ4v) is 3.82. The van der Waals surface area contributed by atoms with E-state index in [1.807, 2.05) is 76.2 Å². The Bertz CT molecular complexity index is 1250. The highest BCUT2D eigenvalue weighted by Gasteiger charge is 2.03. The number of aliphatic hydroxyl groups is 2. The van der Waals surface area contributed by atoms with E-state index in [-0.39, 0.29) is 11.5 Å². The van der Waals surface area contributed by atoms with Crippen molar-refractivity contribution in [1.82, 2.24) is 19.9 Å². The molecule has 3 rings (SSSR count). The number of aliphatic hydroxyl groups excluding tert-OH is 2. The molecule has 0 unspecified atom stereocenters. The molecule has 2 N–H and O–H groups in total. The third-order valence-electron chi connectivity index (χ3n) is 5.09. The van der Waals surface area contributed by atoms with E-state index in [1.165, 1.54) is 0 Å². The van der Waals surface area contributed by atoms with Crippen LogP contribution in [0, 0.1) is 27.7 Å². The minimum atomic E-state index is 0.134. The maximum atomic E-state index is 10.4. The number of para-hydroxylation sites is 4. The summed E-state index contributed by atoms with van der Waals surface area (Å²) in [7, 11) is 0. The summed E-state index contributed by atoms with van der Waals surface area (Å²) in [6.45, 7) is 10.6. The van der Waals surface area contributed by atoms with Crippen LogP contribution in [0.2, 0.25) is 0 Å². The van der Waals surface area contributed by atoms with Gasteiger partial charge in [0.15, 0.2) is 0 Å². The second-order valence-corrected chi connectivity index (χ2v) is 7.69. The molecular formula is C26H28N4O2. The zero-order valence-corrected chi connectivity index (χ0v) is 19.3. The molecule has 0 saturated carbocycles. The van der Waals surface area contributed by atoms with E-state index in [2.05, 4.69) is 0 Å². The molecule has 0 saturated heterocycles. The Hall–Kier alpha value is -3.80. The standard InChI is InChI=1S/C26H28N4O2/c1-15-25(19(5)31)16(2)28-23-13-9-10-14-24(23)30-18(4)26(20(6)32)17(3)29-22-12-8-7-11-21(22)27-15/h7-14,31-32H,1-6H3. The van der Waals surface area contributed by atoms with Crippen LogP contribution in [0.1, 0.15) is 36.6 Å². The van der Waals surface area contributed by atoms with Gasteiger partial charge in [-0.2, -0.15) is 0 Å². The zero-order valence-electron chi connectivity index (χ0n) is 19.3. The molecule has 0 radical (unpaired) electrons. The van der Waals surface area contributed by atoms with Crippen molar-refractivity contribution in [2.75, 3.05) is 0 Å². The molecule has 3 aromatic rings. The fourth-order valence-electron chi connectivity index (χ4n) is 3.82. The van der Waals surface area contributed by atoms with Gasteiger partial charge in [-0.25, -0.2) is 0 Å². The minimum Gasteiger partial charge on any atom is -0.512 e. The Kier molecular flexibility index (Phi) is 6.83. The van der Waals surface area contributed by atoms with Gasteiger partial charge in [-0.1, -0.05) is 24.3 Å². The molecule has 1 aromatic heterocycles. The van der Waals surface area contributed by atoms with E-state index in [4.69, 9.17) is 19.9 Å². The van der Waals surface area contributed by atoms with Crippen molar-refractivity contribution in [2.45, 2.75) is 41.5 Å². The topological polar surface area (TPSA) is 92.0 Å². The molecule has 32 heavy (non-hydrogen) atoms. The summed E-state index contributed by atoms with van der Waals surface area (Å²) in [6.07, 6.45) is 0. The normalized spacial score (nSPS) is 10.4. The molecule has 0 bridgehead atoms. The fraction of sp³-hybridized carbons (Fsp3) is 0.231. The average molecular weight is 429 g/mol. The summed E-state index contributed by atoms with van der Waals surface area (Å²) < 4.78 is 0. The number of hydrogen-bond donors (Lipinski definition) is 2. The van der Waals surface area contributed by atoms with Crippen LogP contribution >= 0.6 is 0 Å². The molecule has 0 amide bonds. The van der Waals surface area contributed by atoms with Crippen LogP contribution in [0.15, 0.2) is 48.5 Å². The van der Waals surface area contributed by atoms with Crippen LogP contribution in [0.5, 0.6) is 0 Å². The monoisotopic (exact) mass is 428 g/mol. The first-order valence-corrected chi connectivity index (χ1v) is 10.4. The van der Waals surface area contributed by atoms with E-state index in [0.717, 1.165) is 0 Å². The van der Waals surface area contributed by atoms with E-state index in [0.29, 0.717) is 55.3 Å². The van der Waals surface area contributed by atoms with Crippen LogP contribution in [-0.2, 0) is 0 Å². The summed E-state index contributed by atoms with van der Waals surface area (Å²) in [5.74, 6) is 0.269. The first kappa shape index (κ1) is 22.9. The van der Waals surface area contributed by atoms with Gasteiger partial charge < -0.3 is 10.2 Å². The smallest absolute Gasteiger partial charge is 0.1000 e. The summed E-state index contributed by atoms with van der Waals surface area (Å²) >= 11 is 0. The third kappa shape index (κ3) is 4.91. The maximum absolute atomic E-state index is 10.4. The van der Waals surface area contributed by atoms with Crippen molar-refractivity contribution in [3.8, 4) is 0 Å². The lowest BCUT2D eigenvalue weighted by atomic mass is 10.2. The lowest BCUT2D eigenvalue weighted by molar-refractivity contribution is 0.497. The zero-order chi connectivity index (χ0) is 23.4. The number of nitrogens with zero attached hydrogens (tertiary/aromatic N) is 4. The molecule has 6 nitrogen and oxygen atoms in total. The number of fused-ring (bicyclic) bond motifs is 2. The Morgan fingerprint density at radius 2 is 0.719 bits per heavy atom. The first-order chi connectivity index (χ1) is 15.2. The molecule has 2 aromatic carbocycles. The summed E-state index contributed by atoms with van der Waals surface area (Å²) in [4.78, 5) is 19.0. The number of aromatic nitrogens is 4. The van der Waals surface area contributed by atoms with Crippen molar-refractivity contribution in [2.24, 2.45) is 0 Å². The SMILES string of the molecule is CC(O)=c1c(C)nc2ccccc2nc(C)c(=C(C)O)c(C)nc2ccccc2nc1C. The lowest BCUT2D eigenvalue weighted by Gasteiger charge is -2.02. The molecule has 0 fully saturated rings. The second-order valence-electron chi connectivity index (χ2n) is 7.69. The number of aryl methyl sites for hydroxylation is 4. The minimum absolute atomic E-state index is 0.134. The first-order valence-electron chi connectivity index (χ1n) is 10.4. The van der Waals surface area contributed by atoms with Crippen molar-refractivity contribution in [3.63, 3.8) is 0 Å². The Labute approximate surface area is 187 Å². The highest BCUT2D eigenvalue weighted by molar-refractivity contribution is 5.74. The summed E-state index contributed by atoms with van der Waals surface area (Å²) in [5.41, 5.74) is 5.08. The van der Waals surface area contributed by atoms with Gasteiger partial charge in [0.25, 0.3) is 0 Å². The predicted octanol–water partition coefficient (Wildman–Crippen LogP) is 4.43. The quantitative estimate of drug-likeness (QED) is 0.550. The predicted molar refractivity (Wildman–Crippen MR) is 130 cm³/mol. The summed E-state index contributed by atoms with van der Waals surface area (Å²) in [5, 5.41) is 22.0. The van der Waals surface area contributed by atoms with Gasteiger partial charge in [-0.15, -0.1) is 0 Å². The molecule has 0 aliphatic heterocycles. The highest BCUT2D eigenvalue weighted by atomic mass is 16.3. The van der Waals surface area contributed by atoms with Crippen LogP contribution in [-0.4, -0.2) is 30.1 Å². The van der Waals surface area contributed by atoms with Crippen molar-refractivity contribution < 1.29 is 10.2 Å². The van der Waals surface area contributed by atoms with Gasteiger partial charge >= 0.3 is 0 Å². The molecule has 164 valence electrons. The lowest BCUT2D eigenvalue weighted by Crippen LogP contribution is -2.16. The number of benzene rings is 2. The molecule has 0 spiro atoms. The molecule has 0 aliphatic rings. The molecule has 6 heteroatoms. The number of rotatable bonds is 0. The largest absolute Gasteiger partial charge is 0.512 e. The second kappa shape index (κ2) is 9.56. The van der Waals surface area contributed by atoms with Gasteiger partial charge in [0.2, 0.25) is 0 Å². The molecule has 1 heterocycles. The summed E-state index contributed by atoms with van der Waals surface area (Å²) in [6, 6.07) is 15.0. The van der Waals surface area contributed by atoms with E-state index in [9.17, 15) is 10.2 Å². The average Bonchev–Trinajstić information content (AvgIpc) is 2.70. The van der Waals surface area contributed by atoms with Gasteiger partial charge in [0.05, 0.1) is 66.8 Å². The third-order valence-corrected chi connectivity index (χ3v) is 5.09. The van der Waals surface area contributed by atoms with Gasteiger partial charge in [-0.3, -0.25) is 19.9 Å². The molecule has 0 atom stereocenters. The van der Waals surface area contributed by atoms with E-state index in [1.54, 1.807) is 13.8 Å². The van der Waals surface area contributed by atoms with Crippen LogP contribution in [0.25, 0.3) is 33.6 Å².